The zero-order valence-electron chi connectivity index (χ0n) is 8.81. The van der Waals surface area contributed by atoms with Crippen LogP contribution >= 0.6 is 0 Å². The van der Waals surface area contributed by atoms with Gasteiger partial charge in [0.25, 0.3) is 0 Å². The summed E-state index contributed by atoms with van der Waals surface area (Å²) in [4.78, 5) is 8.29. The summed E-state index contributed by atoms with van der Waals surface area (Å²) < 4.78 is 5.78. The van der Waals surface area contributed by atoms with E-state index in [1.165, 1.54) is 12.8 Å². The molecule has 3 rings (SSSR count). The Morgan fingerprint density at radius 1 is 1.40 bits per heavy atom. The van der Waals surface area contributed by atoms with Crippen molar-refractivity contribution in [1.82, 2.24) is 9.97 Å². The van der Waals surface area contributed by atoms with Crippen molar-refractivity contribution in [2.24, 2.45) is 0 Å². The molecule has 2 saturated heterocycles. The van der Waals surface area contributed by atoms with Crippen molar-refractivity contribution in [1.29, 1.82) is 0 Å². The lowest BCUT2D eigenvalue weighted by Gasteiger charge is -2.20. The van der Waals surface area contributed by atoms with Crippen LogP contribution in [-0.2, 0) is 4.74 Å². The minimum atomic E-state index is 0.394. The van der Waals surface area contributed by atoms with Gasteiger partial charge in [0.1, 0.15) is 12.1 Å². The molecule has 2 fully saturated rings. The maximum atomic E-state index is 5.78. The Morgan fingerprint density at radius 3 is 3.00 bits per heavy atom. The van der Waals surface area contributed by atoms with Crippen molar-refractivity contribution >= 4 is 5.82 Å². The molecule has 0 aromatic carbocycles. The first kappa shape index (κ1) is 9.09. The molecule has 3 heterocycles. The Labute approximate surface area is 89.1 Å². The van der Waals surface area contributed by atoms with Crippen LogP contribution in [0.4, 0.5) is 5.82 Å². The van der Waals surface area contributed by atoms with Crippen molar-refractivity contribution in [2.45, 2.75) is 44.4 Å². The summed E-state index contributed by atoms with van der Waals surface area (Å²) in [6.07, 6.45) is 6.01. The van der Waals surface area contributed by atoms with Crippen LogP contribution in [0.1, 0.15) is 25.0 Å². The molecular formula is C11H15N3O. The second kappa shape index (κ2) is 3.45. The monoisotopic (exact) mass is 205 g/mol. The molecule has 4 nitrogen and oxygen atoms in total. The first-order chi connectivity index (χ1) is 7.31. The van der Waals surface area contributed by atoms with Crippen LogP contribution in [0.5, 0.6) is 0 Å². The molecular weight excluding hydrogens is 190 g/mol. The highest BCUT2D eigenvalue weighted by Crippen LogP contribution is 2.35. The number of ether oxygens (including phenoxy) is 1. The second-order valence-corrected chi connectivity index (χ2v) is 4.41. The van der Waals surface area contributed by atoms with Crippen molar-refractivity contribution in [3.8, 4) is 0 Å². The van der Waals surface area contributed by atoms with Crippen LogP contribution in [0, 0.1) is 6.92 Å². The minimum Gasteiger partial charge on any atom is -0.373 e. The number of aryl methyl sites for hydroxylation is 1. The molecule has 0 spiro atoms. The summed E-state index contributed by atoms with van der Waals surface area (Å²) in [5.41, 5.74) is 0.997. The van der Waals surface area contributed by atoms with Crippen LogP contribution < -0.4 is 5.32 Å². The Balaban J connectivity index is 1.71. The van der Waals surface area contributed by atoms with Crippen molar-refractivity contribution < 1.29 is 4.74 Å². The average Bonchev–Trinajstić information content (AvgIpc) is 2.79. The quantitative estimate of drug-likeness (QED) is 0.795. The number of hydrogen-bond acceptors (Lipinski definition) is 4. The first-order valence-corrected chi connectivity index (χ1v) is 5.52. The van der Waals surface area contributed by atoms with Gasteiger partial charge in [-0.1, -0.05) is 0 Å². The molecule has 80 valence electrons. The lowest BCUT2D eigenvalue weighted by atomic mass is 9.95. The highest BCUT2D eigenvalue weighted by molar-refractivity contribution is 5.36. The number of anilines is 1. The van der Waals surface area contributed by atoms with Gasteiger partial charge in [-0.15, -0.1) is 0 Å². The number of nitrogens with one attached hydrogen (secondary N) is 1. The van der Waals surface area contributed by atoms with E-state index < -0.39 is 0 Å². The van der Waals surface area contributed by atoms with Crippen LogP contribution in [0.25, 0.3) is 0 Å². The van der Waals surface area contributed by atoms with Gasteiger partial charge in [-0.2, -0.15) is 0 Å². The number of aromatic nitrogens is 2. The van der Waals surface area contributed by atoms with E-state index in [1.54, 1.807) is 6.33 Å². The van der Waals surface area contributed by atoms with Gasteiger partial charge in [-0.05, 0) is 26.2 Å². The van der Waals surface area contributed by atoms with Crippen LogP contribution in [0.3, 0.4) is 0 Å². The van der Waals surface area contributed by atoms with Gasteiger partial charge in [0.2, 0.25) is 0 Å². The Kier molecular flexibility index (Phi) is 2.09. The summed E-state index contributed by atoms with van der Waals surface area (Å²) in [6, 6.07) is 2.42. The van der Waals surface area contributed by atoms with Gasteiger partial charge in [0, 0.05) is 11.8 Å². The largest absolute Gasteiger partial charge is 0.373 e. The summed E-state index contributed by atoms with van der Waals surface area (Å²) in [6.45, 7) is 1.98. The molecule has 3 atom stereocenters. The Morgan fingerprint density at radius 2 is 2.33 bits per heavy atom. The molecule has 1 aromatic rings. The van der Waals surface area contributed by atoms with E-state index in [4.69, 9.17) is 4.74 Å². The van der Waals surface area contributed by atoms with E-state index >= 15 is 0 Å². The molecule has 3 unspecified atom stereocenters. The number of fused-ring (bicyclic) bond motifs is 2. The zero-order valence-corrected chi connectivity index (χ0v) is 8.81. The smallest absolute Gasteiger partial charge is 0.129 e. The Bertz CT molecular complexity index is 369. The normalized spacial score (nSPS) is 33.3. The van der Waals surface area contributed by atoms with E-state index in [0.29, 0.717) is 18.2 Å². The third-order valence-electron chi connectivity index (χ3n) is 3.24. The molecule has 1 aromatic heterocycles. The minimum absolute atomic E-state index is 0.394. The lowest BCUT2D eigenvalue weighted by Crippen LogP contribution is -2.30. The highest BCUT2D eigenvalue weighted by atomic mass is 16.5. The molecule has 0 aliphatic carbocycles. The van der Waals surface area contributed by atoms with Gasteiger partial charge in [-0.3, -0.25) is 0 Å². The number of rotatable bonds is 2. The predicted molar refractivity (Wildman–Crippen MR) is 56.7 cm³/mol. The second-order valence-electron chi connectivity index (χ2n) is 4.41. The summed E-state index contributed by atoms with van der Waals surface area (Å²) in [5, 5.41) is 3.44. The van der Waals surface area contributed by atoms with E-state index in [0.717, 1.165) is 17.9 Å². The molecule has 2 aliphatic heterocycles. The maximum Gasteiger partial charge on any atom is 0.129 e. The van der Waals surface area contributed by atoms with Gasteiger partial charge in [-0.25, -0.2) is 9.97 Å². The molecule has 0 radical (unpaired) electrons. The van der Waals surface area contributed by atoms with Gasteiger partial charge >= 0.3 is 0 Å². The van der Waals surface area contributed by atoms with Gasteiger partial charge in [0.15, 0.2) is 0 Å². The summed E-state index contributed by atoms with van der Waals surface area (Å²) in [7, 11) is 0. The molecule has 0 amide bonds. The van der Waals surface area contributed by atoms with E-state index in [2.05, 4.69) is 15.3 Å². The molecule has 1 N–H and O–H groups in total. The molecule has 2 aliphatic rings. The average molecular weight is 205 g/mol. The van der Waals surface area contributed by atoms with E-state index in [1.807, 2.05) is 13.0 Å². The van der Waals surface area contributed by atoms with E-state index in [-0.39, 0.29) is 0 Å². The van der Waals surface area contributed by atoms with Crippen LogP contribution in [0.15, 0.2) is 12.4 Å². The predicted octanol–water partition coefficient (Wildman–Crippen LogP) is 1.52. The third-order valence-corrected chi connectivity index (χ3v) is 3.24. The number of hydrogen-bond donors (Lipinski definition) is 1. The van der Waals surface area contributed by atoms with Gasteiger partial charge < -0.3 is 10.1 Å². The fraction of sp³-hybridized carbons (Fsp3) is 0.636. The lowest BCUT2D eigenvalue weighted by molar-refractivity contribution is 0.102. The van der Waals surface area contributed by atoms with Crippen molar-refractivity contribution in [3.05, 3.63) is 18.1 Å². The zero-order chi connectivity index (χ0) is 10.3. The summed E-state index contributed by atoms with van der Waals surface area (Å²) >= 11 is 0. The molecule has 15 heavy (non-hydrogen) atoms. The number of nitrogens with zero attached hydrogens (tertiary/aromatic N) is 2. The van der Waals surface area contributed by atoms with Crippen molar-refractivity contribution in [3.63, 3.8) is 0 Å². The Hall–Kier alpha value is -1.16. The van der Waals surface area contributed by atoms with Gasteiger partial charge in [0.05, 0.1) is 18.2 Å². The first-order valence-electron chi connectivity index (χ1n) is 5.52. The fourth-order valence-electron chi connectivity index (χ4n) is 2.51. The fourth-order valence-corrected chi connectivity index (χ4v) is 2.51. The molecule has 0 saturated carbocycles. The maximum absolute atomic E-state index is 5.78. The van der Waals surface area contributed by atoms with Crippen LogP contribution in [0.2, 0.25) is 0 Å². The van der Waals surface area contributed by atoms with Crippen molar-refractivity contribution in [2.75, 3.05) is 5.32 Å². The SMILES string of the molecule is Cc1cc(NC2CC3CCC2O3)ncn1. The topological polar surface area (TPSA) is 47.0 Å². The highest BCUT2D eigenvalue weighted by Gasteiger charge is 2.40. The standard InChI is InChI=1S/C11H15N3O/c1-7-4-11(13-6-12-7)14-9-5-8-2-3-10(9)15-8/h4,6,8-10H,2-3,5H2,1H3,(H,12,13,14). The molecule has 4 heteroatoms. The van der Waals surface area contributed by atoms with Crippen LogP contribution in [-0.4, -0.2) is 28.2 Å². The third kappa shape index (κ3) is 1.69. The summed E-state index contributed by atoms with van der Waals surface area (Å²) in [5.74, 6) is 0.920. The van der Waals surface area contributed by atoms with E-state index in [9.17, 15) is 0 Å². The molecule has 2 bridgehead atoms.